The number of nitrogen functional groups attached to an aromatic ring is 1. The summed E-state index contributed by atoms with van der Waals surface area (Å²) in [6.07, 6.45) is 0.959. The van der Waals surface area contributed by atoms with E-state index in [9.17, 15) is 4.79 Å². The molecule has 94 valence electrons. The van der Waals surface area contributed by atoms with Gasteiger partial charge in [-0.15, -0.1) is 0 Å². The number of hydrogen-bond acceptors (Lipinski definition) is 5. The molecule has 0 bridgehead atoms. The van der Waals surface area contributed by atoms with Crippen molar-refractivity contribution in [3.05, 3.63) is 18.2 Å². The van der Waals surface area contributed by atoms with E-state index in [2.05, 4.69) is 4.74 Å². The molecule has 1 aromatic carbocycles. The highest BCUT2D eigenvalue weighted by molar-refractivity contribution is 5.69. The number of rotatable bonds is 6. The average Bonchev–Trinajstić information content (AvgIpc) is 2.34. The zero-order chi connectivity index (χ0) is 12.7. The SMILES string of the molecule is COC(=O)CCCOc1ccc(OC)c(N)c1. The first kappa shape index (κ1) is 13.2. The number of hydrogen-bond donors (Lipinski definition) is 1. The zero-order valence-electron chi connectivity index (χ0n) is 10.1. The largest absolute Gasteiger partial charge is 0.495 e. The van der Waals surface area contributed by atoms with Gasteiger partial charge in [0.15, 0.2) is 0 Å². The minimum atomic E-state index is -0.233. The molecule has 0 aliphatic carbocycles. The van der Waals surface area contributed by atoms with Gasteiger partial charge in [-0.1, -0.05) is 0 Å². The first-order valence-corrected chi connectivity index (χ1v) is 5.30. The van der Waals surface area contributed by atoms with Crippen molar-refractivity contribution < 1.29 is 19.0 Å². The number of esters is 1. The average molecular weight is 239 g/mol. The fourth-order valence-corrected chi connectivity index (χ4v) is 1.31. The van der Waals surface area contributed by atoms with Crippen molar-refractivity contribution in [1.29, 1.82) is 0 Å². The predicted octanol–water partition coefficient (Wildman–Crippen LogP) is 1.61. The quantitative estimate of drug-likeness (QED) is 0.464. The molecule has 1 rings (SSSR count). The summed E-state index contributed by atoms with van der Waals surface area (Å²) in [6.45, 7) is 0.445. The lowest BCUT2D eigenvalue weighted by Crippen LogP contribution is -2.04. The fraction of sp³-hybridized carbons (Fsp3) is 0.417. The van der Waals surface area contributed by atoms with Crippen molar-refractivity contribution in [3.63, 3.8) is 0 Å². The van der Waals surface area contributed by atoms with E-state index in [1.54, 1.807) is 25.3 Å². The Hall–Kier alpha value is -1.91. The summed E-state index contributed by atoms with van der Waals surface area (Å²) in [5.41, 5.74) is 6.25. The second kappa shape index (κ2) is 6.62. The number of anilines is 1. The summed E-state index contributed by atoms with van der Waals surface area (Å²) < 4.78 is 15.0. The van der Waals surface area contributed by atoms with Gasteiger partial charge >= 0.3 is 5.97 Å². The molecule has 0 saturated carbocycles. The minimum absolute atomic E-state index is 0.233. The number of benzene rings is 1. The molecule has 0 atom stereocenters. The molecule has 0 saturated heterocycles. The summed E-state index contributed by atoms with van der Waals surface area (Å²) in [5, 5.41) is 0. The van der Waals surface area contributed by atoms with E-state index in [-0.39, 0.29) is 5.97 Å². The van der Waals surface area contributed by atoms with Crippen LogP contribution in [0.25, 0.3) is 0 Å². The van der Waals surface area contributed by atoms with Gasteiger partial charge in [0.2, 0.25) is 0 Å². The highest BCUT2D eigenvalue weighted by atomic mass is 16.5. The first-order valence-electron chi connectivity index (χ1n) is 5.30. The van der Waals surface area contributed by atoms with Crippen LogP contribution in [0.3, 0.4) is 0 Å². The summed E-state index contributed by atoms with van der Waals surface area (Å²) in [4.78, 5) is 10.8. The molecule has 5 heteroatoms. The normalized spacial score (nSPS) is 9.76. The second-order valence-electron chi connectivity index (χ2n) is 3.43. The number of carbonyl (C=O) groups is 1. The molecule has 0 aliphatic rings. The van der Waals surface area contributed by atoms with Crippen LogP contribution in [-0.4, -0.2) is 26.8 Å². The molecule has 1 aromatic rings. The van der Waals surface area contributed by atoms with E-state index in [4.69, 9.17) is 15.2 Å². The van der Waals surface area contributed by atoms with Gasteiger partial charge in [-0.2, -0.15) is 0 Å². The smallest absolute Gasteiger partial charge is 0.305 e. The Morgan fingerprint density at radius 1 is 1.35 bits per heavy atom. The zero-order valence-corrected chi connectivity index (χ0v) is 10.1. The van der Waals surface area contributed by atoms with Crippen LogP contribution < -0.4 is 15.2 Å². The maximum absolute atomic E-state index is 10.8. The number of nitrogens with two attached hydrogens (primary N) is 1. The Balaban J connectivity index is 2.37. The lowest BCUT2D eigenvalue weighted by molar-refractivity contribution is -0.140. The van der Waals surface area contributed by atoms with Crippen LogP contribution in [0.4, 0.5) is 5.69 Å². The maximum atomic E-state index is 10.8. The van der Waals surface area contributed by atoms with Crippen LogP contribution in [0.2, 0.25) is 0 Å². The Kier molecular flexibility index (Phi) is 5.13. The van der Waals surface area contributed by atoms with Gasteiger partial charge in [-0.25, -0.2) is 0 Å². The Bertz CT molecular complexity index is 379. The summed E-state index contributed by atoms with van der Waals surface area (Å²) >= 11 is 0. The van der Waals surface area contributed by atoms with Crippen molar-refractivity contribution in [2.75, 3.05) is 26.6 Å². The summed E-state index contributed by atoms with van der Waals surface area (Å²) in [7, 11) is 2.93. The lowest BCUT2D eigenvalue weighted by atomic mass is 10.3. The lowest BCUT2D eigenvalue weighted by Gasteiger charge is -2.08. The number of methoxy groups -OCH3 is 2. The molecule has 0 unspecified atom stereocenters. The third-order valence-corrected chi connectivity index (χ3v) is 2.22. The molecule has 0 fully saturated rings. The molecular weight excluding hydrogens is 222 g/mol. The van der Waals surface area contributed by atoms with Crippen molar-refractivity contribution >= 4 is 11.7 Å². The van der Waals surface area contributed by atoms with E-state index < -0.39 is 0 Å². The molecule has 0 amide bonds. The topological polar surface area (TPSA) is 70.8 Å². The molecule has 0 spiro atoms. The Morgan fingerprint density at radius 3 is 2.71 bits per heavy atom. The van der Waals surface area contributed by atoms with Crippen molar-refractivity contribution in [3.8, 4) is 11.5 Å². The van der Waals surface area contributed by atoms with E-state index in [1.165, 1.54) is 7.11 Å². The van der Waals surface area contributed by atoms with Crippen molar-refractivity contribution in [1.82, 2.24) is 0 Å². The van der Waals surface area contributed by atoms with Crippen LogP contribution in [-0.2, 0) is 9.53 Å². The van der Waals surface area contributed by atoms with Gasteiger partial charge in [0, 0.05) is 12.5 Å². The van der Waals surface area contributed by atoms with Crippen molar-refractivity contribution in [2.24, 2.45) is 0 Å². The molecule has 0 aliphatic heterocycles. The molecule has 5 nitrogen and oxygen atoms in total. The monoisotopic (exact) mass is 239 g/mol. The van der Waals surface area contributed by atoms with Gasteiger partial charge in [0.1, 0.15) is 11.5 Å². The van der Waals surface area contributed by atoms with E-state index in [0.717, 1.165) is 0 Å². The molecule has 0 aromatic heterocycles. The highest BCUT2D eigenvalue weighted by Crippen LogP contribution is 2.25. The second-order valence-corrected chi connectivity index (χ2v) is 3.43. The third kappa shape index (κ3) is 4.22. The van der Waals surface area contributed by atoms with E-state index >= 15 is 0 Å². The fourth-order valence-electron chi connectivity index (χ4n) is 1.31. The van der Waals surface area contributed by atoms with E-state index in [1.807, 2.05) is 0 Å². The Morgan fingerprint density at radius 2 is 2.12 bits per heavy atom. The van der Waals surface area contributed by atoms with Crippen LogP contribution in [0.5, 0.6) is 11.5 Å². The third-order valence-electron chi connectivity index (χ3n) is 2.22. The minimum Gasteiger partial charge on any atom is -0.495 e. The molecule has 0 heterocycles. The van der Waals surface area contributed by atoms with Crippen LogP contribution in [0.15, 0.2) is 18.2 Å². The summed E-state index contributed by atoms with van der Waals surface area (Å²) in [6, 6.07) is 5.20. The number of ether oxygens (including phenoxy) is 3. The summed E-state index contributed by atoms with van der Waals surface area (Å²) in [5.74, 6) is 1.04. The van der Waals surface area contributed by atoms with Gasteiger partial charge in [0.05, 0.1) is 26.5 Å². The maximum Gasteiger partial charge on any atom is 0.305 e. The van der Waals surface area contributed by atoms with Gasteiger partial charge < -0.3 is 19.9 Å². The highest BCUT2D eigenvalue weighted by Gasteiger charge is 2.03. The standard InChI is InChI=1S/C12H17NO4/c1-15-11-6-5-9(8-10(11)13)17-7-3-4-12(14)16-2/h5-6,8H,3-4,7,13H2,1-2H3. The number of carbonyl (C=O) groups excluding carboxylic acids is 1. The molecule has 0 radical (unpaired) electrons. The van der Waals surface area contributed by atoms with Gasteiger partial charge in [-0.05, 0) is 18.6 Å². The Labute approximate surface area is 100 Å². The molecule has 17 heavy (non-hydrogen) atoms. The van der Waals surface area contributed by atoms with Crippen LogP contribution in [0.1, 0.15) is 12.8 Å². The van der Waals surface area contributed by atoms with Gasteiger partial charge in [0.25, 0.3) is 0 Å². The van der Waals surface area contributed by atoms with Gasteiger partial charge in [-0.3, -0.25) is 4.79 Å². The first-order chi connectivity index (χ1) is 8.17. The molecule has 2 N–H and O–H groups in total. The van der Waals surface area contributed by atoms with Crippen molar-refractivity contribution in [2.45, 2.75) is 12.8 Å². The van der Waals surface area contributed by atoms with E-state index in [0.29, 0.717) is 36.6 Å². The molecular formula is C12H17NO4. The predicted molar refractivity (Wildman–Crippen MR) is 64.2 cm³/mol. The van der Waals surface area contributed by atoms with Crippen LogP contribution >= 0.6 is 0 Å². The van der Waals surface area contributed by atoms with Crippen LogP contribution in [0, 0.1) is 0 Å².